The van der Waals surface area contributed by atoms with Gasteiger partial charge in [0.25, 0.3) is 0 Å². The van der Waals surface area contributed by atoms with Gasteiger partial charge in [-0.2, -0.15) is 0 Å². The molecule has 2 bridgehead atoms. The topological polar surface area (TPSA) is 64.4 Å². The maximum Gasteiger partial charge on any atom is 0.223 e. The molecule has 2 aliphatic rings. The van der Waals surface area contributed by atoms with Crippen molar-refractivity contribution in [3.05, 3.63) is 35.9 Å². The van der Waals surface area contributed by atoms with Crippen LogP contribution in [0, 0.1) is 17.8 Å². The Kier molecular flexibility index (Phi) is 7.53. The van der Waals surface area contributed by atoms with Gasteiger partial charge in [0.2, 0.25) is 5.91 Å². The molecule has 2 atom stereocenters. The Morgan fingerprint density at radius 1 is 1.17 bits per heavy atom. The molecule has 2 fully saturated rings. The van der Waals surface area contributed by atoms with Crippen LogP contribution in [0.25, 0.3) is 0 Å². The van der Waals surface area contributed by atoms with Gasteiger partial charge in [0.1, 0.15) is 0 Å². The summed E-state index contributed by atoms with van der Waals surface area (Å²) >= 11 is 0. The third-order valence-corrected chi connectivity index (χ3v) is 5.44. The molecule has 1 aromatic rings. The summed E-state index contributed by atoms with van der Waals surface area (Å²) in [4.78, 5) is 12.4. The average molecular weight is 353 g/mol. The third-order valence-electron chi connectivity index (χ3n) is 5.44. The predicted molar refractivity (Wildman–Crippen MR) is 97.9 cm³/mol. The zero-order chi connectivity index (χ0) is 16.1. The smallest absolute Gasteiger partial charge is 0.223 e. The van der Waals surface area contributed by atoms with Crippen molar-refractivity contribution in [3.63, 3.8) is 0 Å². The Labute approximate surface area is 150 Å². The van der Waals surface area contributed by atoms with Crippen molar-refractivity contribution < 1.29 is 9.53 Å². The van der Waals surface area contributed by atoms with E-state index in [1.54, 1.807) is 0 Å². The summed E-state index contributed by atoms with van der Waals surface area (Å²) in [6, 6.07) is 10.4. The third kappa shape index (κ3) is 4.95. The highest BCUT2D eigenvalue weighted by atomic mass is 35.5. The van der Waals surface area contributed by atoms with Crippen molar-refractivity contribution in [2.24, 2.45) is 23.5 Å². The number of hydrogen-bond acceptors (Lipinski definition) is 3. The molecule has 0 spiro atoms. The van der Waals surface area contributed by atoms with E-state index in [0.717, 1.165) is 18.4 Å². The minimum Gasteiger partial charge on any atom is -0.375 e. The Bertz CT molecular complexity index is 497. The average Bonchev–Trinajstić information content (AvgIpc) is 2.55. The molecule has 2 unspecified atom stereocenters. The highest BCUT2D eigenvalue weighted by Crippen LogP contribution is 2.41. The number of carbonyl (C=O) groups is 1. The molecule has 0 radical (unpaired) electrons. The molecule has 3 N–H and O–H groups in total. The summed E-state index contributed by atoms with van der Waals surface area (Å²) in [5, 5.41) is 3.04. The highest BCUT2D eigenvalue weighted by molar-refractivity contribution is 5.85. The molecule has 24 heavy (non-hydrogen) atoms. The van der Waals surface area contributed by atoms with E-state index in [4.69, 9.17) is 10.5 Å². The summed E-state index contributed by atoms with van der Waals surface area (Å²) in [7, 11) is 0. The molecule has 1 aromatic carbocycles. The molecule has 5 heteroatoms. The second kappa shape index (κ2) is 9.40. The van der Waals surface area contributed by atoms with Crippen LogP contribution in [0.15, 0.2) is 30.3 Å². The fourth-order valence-corrected chi connectivity index (χ4v) is 4.16. The number of carbonyl (C=O) groups excluding carboxylic acids is 1. The number of hydrogen-bond donors (Lipinski definition) is 2. The van der Waals surface area contributed by atoms with E-state index < -0.39 is 0 Å². The number of benzene rings is 1. The molecule has 0 heterocycles. The lowest BCUT2D eigenvalue weighted by atomic mass is 9.65. The lowest BCUT2D eigenvalue weighted by Crippen LogP contribution is -2.49. The molecular formula is C19H29ClN2O2. The number of ether oxygens (including phenoxy) is 1. The summed E-state index contributed by atoms with van der Waals surface area (Å²) in [6.45, 7) is 1.74. The Morgan fingerprint density at radius 3 is 2.50 bits per heavy atom. The molecule has 0 aromatic heterocycles. The van der Waals surface area contributed by atoms with Crippen LogP contribution >= 0.6 is 12.4 Å². The van der Waals surface area contributed by atoms with Gasteiger partial charge >= 0.3 is 0 Å². The second-order valence-corrected chi connectivity index (χ2v) is 7.03. The van der Waals surface area contributed by atoms with Gasteiger partial charge in [-0.1, -0.05) is 36.8 Å². The minimum absolute atomic E-state index is 0. The predicted octanol–water partition coefficient (Wildman–Crippen LogP) is 2.89. The van der Waals surface area contributed by atoms with Crippen molar-refractivity contribution in [3.8, 4) is 0 Å². The van der Waals surface area contributed by atoms with Crippen LogP contribution in [-0.2, 0) is 16.1 Å². The van der Waals surface area contributed by atoms with Gasteiger partial charge in [-0.3, -0.25) is 4.79 Å². The number of nitrogens with two attached hydrogens (primary N) is 1. The lowest BCUT2D eigenvalue weighted by Gasteiger charge is -2.43. The van der Waals surface area contributed by atoms with E-state index in [0.29, 0.717) is 37.6 Å². The summed E-state index contributed by atoms with van der Waals surface area (Å²) in [6.07, 6.45) is 5.61. The van der Waals surface area contributed by atoms with Crippen molar-refractivity contribution in [2.45, 2.75) is 44.8 Å². The monoisotopic (exact) mass is 352 g/mol. The first-order chi connectivity index (χ1) is 11.2. The van der Waals surface area contributed by atoms with Crippen molar-refractivity contribution in [1.29, 1.82) is 0 Å². The molecule has 0 aliphatic heterocycles. The SMILES string of the molecule is Cl.NC1C2CCCC1CC(C(=O)NCCOCc1ccccc1)C2. The summed E-state index contributed by atoms with van der Waals surface area (Å²) in [5.74, 6) is 1.44. The molecule has 134 valence electrons. The standard InChI is InChI=1S/C19H28N2O2.ClH/c20-18-15-7-4-8-16(18)12-17(11-15)19(22)21-9-10-23-13-14-5-2-1-3-6-14;/h1-3,5-6,15-18H,4,7-13,20H2,(H,21,22);1H. The van der Waals surface area contributed by atoms with E-state index in [-0.39, 0.29) is 24.2 Å². The van der Waals surface area contributed by atoms with Gasteiger partial charge in [-0.25, -0.2) is 0 Å². The number of amides is 1. The molecule has 0 saturated heterocycles. The first kappa shape index (κ1) is 19.2. The van der Waals surface area contributed by atoms with E-state index >= 15 is 0 Å². The summed E-state index contributed by atoms with van der Waals surface area (Å²) < 4.78 is 5.61. The maximum atomic E-state index is 12.4. The molecule has 3 rings (SSSR count). The molecule has 2 aliphatic carbocycles. The van der Waals surface area contributed by atoms with E-state index in [1.165, 1.54) is 19.3 Å². The lowest BCUT2D eigenvalue weighted by molar-refractivity contribution is -0.128. The van der Waals surface area contributed by atoms with Crippen LogP contribution in [0.1, 0.15) is 37.7 Å². The van der Waals surface area contributed by atoms with Crippen molar-refractivity contribution in [1.82, 2.24) is 5.32 Å². The van der Waals surface area contributed by atoms with Crippen LogP contribution in [-0.4, -0.2) is 25.1 Å². The molecule has 4 nitrogen and oxygen atoms in total. The quantitative estimate of drug-likeness (QED) is 0.774. The van der Waals surface area contributed by atoms with Gasteiger partial charge in [-0.15, -0.1) is 12.4 Å². The number of fused-ring (bicyclic) bond motifs is 2. The van der Waals surface area contributed by atoms with Crippen molar-refractivity contribution >= 4 is 18.3 Å². The number of nitrogens with one attached hydrogen (secondary N) is 1. The van der Waals surface area contributed by atoms with E-state index in [1.807, 2.05) is 30.3 Å². The second-order valence-electron chi connectivity index (χ2n) is 7.03. The molecular weight excluding hydrogens is 324 g/mol. The molecule has 2 saturated carbocycles. The van der Waals surface area contributed by atoms with Gasteiger partial charge in [-0.05, 0) is 43.1 Å². The molecule has 1 amide bonds. The highest BCUT2D eigenvalue weighted by Gasteiger charge is 2.40. The largest absolute Gasteiger partial charge is 0.375 e. The van der Waals surface area contributed by atoms with Gasteiger partial charge in [0.15, 0.2) is 0 Å². The Morgan fingerprint density at radius 2 is 1.83 bits per heavy atom. The first-order valence-corrected chi connectivity index (χ1v) is 8.89. The summed E-state index contributed by atoms with van der Waals surface area (Å²) in [5.41, 5.74) is 7.45. The van der Waals surface area contributed by atoms with Crippen LogP contribution in [0.5, 0.6) is 0 Å². The zero-order valence-electron chi connectivity index (χ0n) is 14.2. The Hall–Kier alpha value is -1.10. The minimum atomic E-state index is 0. The van der Waals surface area contributed by atoms with Crippen molar-refractivity contribution in [2.75, 3.05) is 13.2 Å². The zero-order valence-corrected chi connectivity index (χ0v) is 15.0. The van der Waals surface area contributed by atoms with Crippen LogP contribution in [0.2, 0.25) is 0 Å². The first-order valence-electron chi connectivity index (χ1n) is 8.89. The fourth-order valence-electron chi connectivity index (χ4n) is 4.16. The normalized spacial score (nSPS) is 28.7. The number of halogens is 1. The van der Waals surface area contributed by atoms with Crippen LogP contribution in [0.4, 0.5) is 0 Å². The van der Waals surface area contributed by atoms with Crippen LogP contribution < -0.4 is 11.1 Å². The van der Waals surface area contributed by atoms with Crippen LogP contribution in [0.3, 0.4) is 0 Å². The maximum absolute atomic E-state index is 12.4. The van der Waals surface area contributed by atoms with Gasteiger partial charge in [0, 0.05) is 18.5 Å². The Balaban J connectivity index is 0.00000208. The number of rotatable bonds is 6. The van der Waals surface area contributed by atoms with E-state index in [9.17, 15) is 4.79 Å². The van der Waals surface area contributed by atoms with Gasteiger partial charge < -0.3 is 15.8 Å². The fraction of sp³-hybridized carbons (Fsp3) is 0.632. The van der Waals surface area contributed by atoms with Gasteiger partial charge in [0.05, 0.1) is 13.2 Å². The van der Waals surface area contributed by atoms with E-state index in [2.05, 4.69) is 5.32 Å².